The van der Waals surface area contributed by atoms with Crippen LogP contribution >= 0.6 is 11.6 Å². The number of hydrogen-bond acceptors (Lipinski definition) is 10. The highest BCUT2D eigenvalue weighted by Gasteiger charge is 2.42. The summed E-state index contributed by atoms with van der Waals surface area (Å²) in [5, 5.41) is 31.0. The quantitative estimate of drug-likeness (QED) is 0.0488. The van der Waals surface area contributed by atoms with Crippen molar-refractivity contribution in [2.45, 2.75) is 57.3 Å². The first-order valence-electron chi connectivity index (χ1n) is 21.4. The number of phenolic OH excluding ortho intramolecular Hbond substituents is 1. The number of anilines is 2. The summed E-state index contributed by atoms with van der Waals surface area (Å²) in [4.78, 5) is 57.2. The minimum atomic E-state index is -0.942. The van der Waals surface area contributed by atoms with E-state index in [0.29, 0.717) is 78.1 Å². The number of para-hydroxylation sites is 1. The number of rotatable bonds is 18. The highest BCUT2D eigenvalue weighted by atomic mass is 35.5. The van der Waals surface area contributed by atoms with Gasteiger partial charge in [-0.15, -0.1) is 0 Å². The number of likely N-dealkylation sites (tertiary alicyclic amines) is 1. The number of carbonyl (C=O) groups excluding carboxylic acids is 3. The Morgan fingerprint density at radius 3 is 2.43 bits per heavy atom. The molecule has 1 aliphatic carbocycles. The molecule has 0 bridgehead atoms. The van der Waals surface area contributed by atoms with E-state index in [1.165, 1.54) is 19.2 Å². The van der Waals surface area contributed by atoms with Gasteiger partial charge in [-0.2, -0.15) is 0 Å². The zero-order chi connectivity index (χ0) is 44.5. The second-order valence-corrected chi connectivity index (χ2v) is 16.9. The van der Waals surface area contributed by atoms with Crippen molar-refractivity contribution < 1.29 is 34.1 Å². The van der Waals surface area contributed by atoms with Gasteiger partial charge in [-0.05, 0) is 72.9 Å². The van der Waals surface area contributed by atoms with Gasteiger partial charge in [0.05, 0.1) is 35.1 Å². The fraction of sp³-hybridized carbons (Fsp3) is 0.375. The van der Waals surface area contributed by atoms with Crippen LogP contribution in [0.15, 0.2) is 95.8 Å². The van der Waals surface area contributed by atoms with E-state index in [0.717, 1.165) is 48.3 Å². The van der Waals surface area contributed by atoms with Gasteiger partial charge in [0.15, 0.2) is 0 Å². The average Bonchev–Trinajstić information content (AvgIpc) is 3.84. The monoisotopic (exact) mass is 878 g/mol. The van der Waals surface area contributed by atoms with E-state index in [-0.39, 0.29) is 47.7 Å². The molecule has 15 heteroatoms. The molecular weight excluding hydrogens is 824 g/mol. The number of benzene rings is 4. The lowest BCUT2D eigenvalue weighted by molar-refractivity contribution is -0.130. The Bertz CT molecular complexity index is 2450. The molecule has 63 heavy (non-hydrogen) atoms. The topological polar surface area (TPSA) is 186 Å². The molecule has 332 valence electrons. The summed E-state index contributed by atoms with van der Waals surface area (Å²) in [7, 11) is 3.32. The summed E-state index contributed by atoms with van der Waals surface area (Å²) in [6.45, 7) is 3.47. The van der Waals surface area contributed by atoms with E-state index in [4.69, 9.17) is 21.1 Å². The van der Waals surface area contributed by atoms with Crippen molar-refractivity contribution in [3.8, 4) is 22.6 Å². The molecule has 7 rings (SSSR count). The summed E-state index contributed by atoms with van der Waals surface area (Å²) in [5.41, 5.74) is 4.26. The minimum absolute atomic E-state index is 0.0690. The van der Waals surface area contributed by atoms with Gasteiger partial charge in [0, 0.05) is 87.8 Å². The molecule has 4 atom stereocenters. The van der Waals surface area contributed by atoms with E-state index in [1.807, 2.05) is 54.6 Å². The molecule has 2 fully saturated rings. The number of carbonyl (C=O) groups is 3. The molecule has 1 saturated heterocycles. The van der Waals surface area contributed by atoms with Crippen LogP contribution in [0.25, 0.3) is 22.0 Å². The number of fused-ring (bicyclic) bond motifs is 2. The first kappa shape index (κ1) is 45.1. The second-order valence-electron chi connectivity index (χ2n) is 16.5. The normalized spacial score (nSPS) is 17.6. The second kappa shape index (κ2) is 21.0. The molecule has 1 aliphatic heterocycles. The predicted octanol–water partition coefficient (Wildman–Crippen LogP) is 7.30. The number of H-pyrrole nitrogens is 1. The van der Waals surface area contributed by atoms with Gasteiger partial charge in [-0.3, -0.25) is 19.7 Å². The van der Waals surface area contributed by atoms with Crippen molar-refractivity contribution in [2.75, 3.05) is 57.5 Å². The van der Waals surface area contributed by atoms with Crippen molar-refractivity contribution in [1.29, 1.82) is 0 Å². The summed E-state index contributed by atoms with van der Waals surface area (Å²) in [5.74, 6) is 1.15. The van der Waals surface area contributed by atoms with Crippen LogP contribution < -0.4 is 26.2 Å². The molecule has 2 unspecified atom stereocenters. The number of methoxy groups -OCH3 is 1. The van der Waals surface area contributed by atoms with Crippen molar-refractivity contribution in [1.82, 2.24) is 20.1 Å². The fourth-order valence-corrected chi connectivity index (χ4v) is 9.04. The molecule has 0 radical (unpaired) electrons. The van der Waals surface area contributed by atoms with Gasteiger partial charge in [0.2, 0.25) is 17.4 Å². The zero-order valence-corrected chi connectivity index (χ0v) is 36.3. The highest BCUT2D eigenvalue weighted by Crippen LogP contribution is 2.40. The number of aromatic nitrogens is 1. The number of aromatic hydroxyl groups is 1. The molecule has 0 spiro atoms. The van der Waals surface area contributed by atoms with Gasteiger partial charge in [-0.1, -0.05) is 66.2 Å². The molecule has 6 N–H and O–H groups in total. The van der Waals surface area contributed by atoms with Crippen LogP contribution in [0, 0.1) is 11.8 Å². The molecule has 1 saturated carbocycles. The summed E-state index contributed by atoms with van der Waals surface area (Å²) in [6, 6.07) is 27.0. The number of ether oxygens (including phenoxy) is 2. The van der Waals surface area contributed by atoms with Gasteiger partial charge in [-0.25, -0.2) is 4.79 Å². The molecular formula is C48H55ClN6O8. The Morgan fingerprint density at radius 1 is 0.921 bits per heavy atom. The highest BCUT2D eigenvalue weighted by molar-refractivity contribution is 6.33. The Balaban J connectivity index is 0.774. The number of aliphatic hydroxyl groups excluding tert-OH is 1. The van der Waals surface area contributed by atoms with Crippen molar-refractivity contribution in [2.24, 2.45) is 11.8 Å². The zero-order valence-electron chi connectivity index (χ0n) is 35.6. The largest absolute Gasteiger partial charge is 0.506 e. The molecule has 4 aromatic carbocycles. The lowest BCUT2D eigenvalue weighted by atomic mass is 10.0. The van der Waals surface area contributed by atoms with Gasteiger partial charge in [0.1, 0.15) is 17.6 Å². The maximum Gasteiger partial charge on any atom is 0.411 e. The van der Waals surface area contributed by atoms with E-state index in [2.05, 4.69) is 25.8 Å². The maximum atomic E-state index is 13.0. The first-order valence-corrected chi connectivity index (χ1v) is 21.8. The lowest BCUT2D eigenvalue weighted by Crippen LogP contribution is -2.33. The number of pyridine rings is 1. The van der Waals surface area contributed by atoms with Gasteiger partial charge in [0.25, 0.3) is 0 Å². The average molecular weight is 879 g/mol. The van der Waals surface area contributed by atoms with Crippen LogP contribution in [0.2, 0.25) is 5.02 Å². The smallest absolute Gasteiger partial charge is 0.411 e. The number of aromatic amines is 1. The molecule has 5 aromatic rings. The minimum Gasteiger partial charge on any atom is -0.506 e. The molecule has 2 heterocycles. The number of hydrogen-bond donors (Lipinski definition) is 6. The van der Waals surface area contributed by atoms with Gasteiger partial charge >= 0.3 is 6.09 Å². The Hall–Kier alpha value is -5.93. The predicted molar refractivity (Wildman–Crippen MR) is 244 cm³/mol. The van der Waals surface area contributed by atoms with Crippen molar-refractivity contribution in [3.05, 3.63) is 117 Å². The Kier molecular flexibility index (Phi) is 15.0. The maximum absolute atomic E-state index is 13.0. The lowest BCUT2D eigenvalue weighted by Gasteiger charge is -2.21. The number of amides is 3. The third-order valence-electron chi connectivity index (χ3n) is 12.1. The van der Waals surface area contributed by atoms with Crippen LogP contribution in [0.5, 0.6) is 11.5 Å². The van der Waals surface area contributed by atoms with Crippen LogP contribution in [-0.4, -0.2) is 95.9 Å². The first-order chi connectivity index (χ1) is 30.4. The fourth-order valence-electron chi connectivity index (χ4n) is 8.81. The van der Waals surface area contributed by atoms with Crippen LogP contribution in [-0.2, 0) is 20.9 Å². The van der Waals surface area contributed by atoms with E-state index in [9.17, 15) is 29.4 Å². The third kappa shape index (κ3) is 11.6. The summed E-state index contributed by atoms with van der Waals surface area (Å²) < 4.78 is 11.5. The molecule has 3 amide bonds. The number of halogens is 1. The van der Waals surface area contributed by atoms with E-state index in [1.54, 1.807) is 36.2 Å². The van der Waals surface area contributed by atoms with Gasteiger partial charge < -0.3 is 45.1 Å². The van der Waals surface area contributed by atoms with E-state index < -0.39 is 12.2 Å². The van der Waals surface area contributed by atoms with Crippen molar-refractivity contribution >= 4 is 51.8 Å². The number of aliphatic hydroxyl groups is 1. The molecule has 14 nitrogen and oxygen atoms in total. The van der Waals surface area contributed by atoms with Crippen LogP contribution in [0.1, 0.15) is 55.8 Å². The van der Waals surface area contributed by atoms with Crippen LogP contribution in [0.4, 0.5) is 16.2 Å². The SMILES string of the molecule is COc1cc(NC(=O)CCCCN(C)C(=O)CCN2CC3CC(OC(=O)Nc4ccccc4-c4ccccc4)C[C@@H]3C2)c(Cl)cc1CNC[C@H](O)c1ccc(O)c2[nH]c(=O)ccc12. The standard InChI is InChI=1S/C48H55ClN6O8/c1-54(46(60)19-21-55-28-32-22-34(23-33(32)29-55)63-48(61)52-39-13-7-6-12-35(39)30-10-4-3-5-11-30)20-9-8-14-44(58)51-40-25-43(62-2)31(24-38(40)49)26-50-27-42(57)36-15-17-41(56)47-37(36)16-18-45(59)53-47/h3-7,10-13,15-18,24-25,32-34,42,50,56-57H,8-9,14,19-23,26-29H2,1-2H3,(H,51,58)(H,52,61)(H,53,59)/t32-,33?,34?,42+/m1/s1. The molecule has 2 aliphatic rings. The molecule has 1 aromatic heterocycles. The number of nitrogens with one attached hydrogen (secondary N) is 4. The van der Waals surface area contributed by atoms with Crippen molar-refractivity contribution in [3.63, 3.8) is 0 Å². The summed E-state index contributed by atoms with van der Waals surface area (Å²) >= 11 is 6.58. The number of nitrogens with zero attached hydrogens (tertiary/aromatic N) is 2. The van der Waals surface area contributed by atoms with E-state index >= 15 is 0 Å². The van der Waals surface area contributed by atoms with Crippen LogP contribution in [0.3, 0.4) is 0 Å². The Morgan fingerprint density at radius 2 is 1.67 bits per heavy atom. The summed E-state index contributed by atoms with van der Waals surface area (Å²) in [6.07, 6.45) is 2.07. The number of unbranched alkanes of at least 4 members (excludes halogenated alkanes) is 1. The Labute approximate surface area is 371 Å². The third-order valence-corrected chi connectivity index (χ3v) is 12.4. The number of phenols is 1.